The number of aromatic nitrogens is 1. The molecule has 1 aliphatic rings. The Kier molecular flexibility index (Phi) is 49.1. The summed E-state index contributed by atoms with van der Waals surface area (Å²) in [6.45, 7) is 9.88. The molecule has 0 unspecified atom stereocenters. The topological polar surface area (TPSA) is 812 Å². The fourth-order valence-corrected chi connectivity index (χ4v) is 14.8. The molecule has 4 rings (SSSR count). The zero-order valence-corrected chi connectivity index (χ0v) is 79.8. The highest BCUT2D eigenvalue weighted by atomic mass is 32.1. The number of para-hydroxylation sites is 1. The van der Waals surface area contributed by atoms with Crippen molar-refractivity contribution in [2.45, 2.75) is 241 Å². The Labute approximate surface area is 809 Å². The van der Waals surface area contributed by atoms with Crippen molar-refractivity contribution in [2.24, 2.45) is 29.0 Å². The predicted molar refractivity (Wildman–Crippen MR) is 506 cm³/mol. The average Bonchev–Trinajstić information content (AvgIpc) is 1.69. The number of hydrogen-bond donors (Lipinski definition) is 33. The number of fused-ring (bicyclic) bond motifs is 1. The lowest BCUT2D eigenvalue weighted by molar-refractivity contribution is -0.147. The highest BCUT2D eigenvalue weighted by Crippen LogP contribution is 2.23. The summed E-state index contributed by atoms with van der Waals surface area (Å²) in [5, 5.41) is 116. The fraction of sp³-hybridized carbons (Fsp3) is 0.566. The molecule has 0 saturated carbocycles. The van der Waals surface area contributed by atoms with E-state index in [1.54, 1.807) is 52.0 Å². The Morgan fingerprint density at radius 1 is 0.453 bits per heavy atom. The van der Waals surface area contributed by atoms with Gasteiger partial charge < -0.3 is 148 Å². The van der Waals surface area contributed by atoms with Crippen LogP contribution in [0.3, 0.4) is 0 Å². The molecule has 0 radical (unpaired) electrons. The highest BCUT2D eigenvalue weighted by molar-refractivity contribution is 7.80. The van der Waals surface area contributed by atoms with Gasteiger partial charge in [-0.15, -0.1) is 0 Å². The van der Waals surface area contributed by atoms with Crippen LogP contribution in [-0.2, 0) is 109 Å². The molecule has 54 heteroatoms. The second kappa shape index (κ2) is 57.8. The molecule has 1 aromatic heterocycles. The number of benzene rings is 2. The molecule has 18 atom stereocenters. The summed E-state index contributed by atoms with van der Waals surface area (Å²) in [5.41, 5.74) is 18.2. The number of rotatable bonds is 59. The van der Waals surface area contributed by atoms with Gasteiger partial charge >= 0.3 is 23.9 Å². The molecule has 1 aliphatic heterocycles. The fourth-order valence-electron chi connectivity index (χ4n) is 13.8. The van der Waals surface area contributed by atoms with Crippen LogP contribution in [0.2, 0.25) is 0 Å². The van der Waals surface area contributed by atoms with Crippen LogP contribution in [0, 0.1) is 22.7 Å². The number of carbonyl (C=O) groups excluding carboxylic acids is 16. The molecular weight excluding hydrogens is 1880 g/mol. The molecule has 758 valence electrons. The van der Waals surface area contributed by atoms with E-state index in [1.807, 2.05) is 0 Å². The lowest BCUT2D eigenvalue weighted by Gasteiger charge is -2.30. The van der Waals surface area contributed by atoms with Crippen molar-refractivity contribution in [1.82, 2.24) is 100 Å². The van der Waals surface area contributed by atoms with Gasteiger partial charge in [0.25, 0.3) is 0 Å². The van der Waals surface area contributed by atoms with Crippen molar-refractivity contribution >= 4 is 192 Å². The van der Waals surface area contributed by atoms with Gasteiger partial charge in [0.05, 0.1) is 25.0 Å². The van der Waals surface area contributed by atoms with Crippen LogP contribution in [-0.4, -0.2) is 322 Å². The number of aromatic amines is 1. The smallest absolute Gasteiger partial charge is 0.326 e. The maximum absolute atomic E-state index is 14.8. The van der Waals surface area contributed by atoms with E-state index < -0.39 is 288 Å². The van der Waals surface area contributed by atoms with Crippen LogP contribution >= 0.6 is 50.5 Å². The van der Waals surface area contributed by atoms with E-state index in [1.165, 1.54) is 44.3 Å². The first-order valence-electron chi connectivity index (χ1n) is 43.5. The third kappa shape index (κ3) is 39.3. The van der Waals surface area contributed by atoms with Gasteiger partial charge in [0.2, 0.25) is 94.5 Å². The number of amides is 16. The van der Waals surface area contributed by atoms with Crippen molar-refractivity contribution in [3.8, 4) is 5.75 Å². The third-order valence-corrected chi connectivity index (χ3v) is 22.7. The number of carboxylic acid groups (broad SMARTS) is 4. The van der Waals surface area contributed by atoms with E-state index in [4.69, 9.17) is 28.0 Å². The number of aliphatic hydroxyl groups is 1. The van der Waals surface area contributed by atoms with E-state index in [-0.39, 0.29) is 88.6 Å². The maximum Gasteiger partial charge on any atom is 0.326 e. The van der Waals surface area contributed by atoms with Gasteiger partial charge in [-0.1, -0.05) is 58.0 Å². The molecule has 3 aromatic rings. The predicted octanol–water partition coefficient (Wildman–Crippen LogP) is -7.48. The lowest BCUT2D eigenvalue weighted by atomic mass is 10.0. The Morgan fingerprint density at radius 2 is 0.861 bits per heavy atom. The number of aliphatic hydroxyl groups excluding tert-OH is 1. The highest BCUT2D eigenvalue weighted by Gasteiger charge is 2.43. The molecule has 16 amide bonds. The molecule has 1 saturated heterocycles. The summed E-state index contributed by atoms with van der Waals surface area (Å²) in [5.74, 6) is -27.0. The minimum Gasteiger partial charge on any atom is -0.508 e. The number of carboxylic acids is 4. The molecular formula is C83H126N24O26S4. The normalized spacial score (nSPS) is 16.0. The largest absolute Gasteiger partial charge is 0.508 e. The van der Waals surface area contributed by atoms with E-state index in [2.05, 4.69) is 146 Å². The van der Waals surface area contributed by atoms with Crippen LogP contribution in [0.5, 0.6) is 5.75 Å². The quantitative estimate of drug-likeness (QED) is 0.0108. The van der Waals surface area contributed by atoms with Crippen molar-refractivity contribution in [3.63, 3.8) is 0 Å². The number of nitrogens with one attached hydrogen (secondary N) is 20. The molecule has 0 aliphatic carbocycles. The average molecular weight is 2000 g/mol. The van der Waals surface area contributed by atoms with Gasteiger partial charge in [-0.3, -0.25) is 102 Å². The summed E-state index contributed by atoms with van der Waals surface area (Å²) >= 11 is 16.8. The number of carbonyl (C=O) groups is 20. The van der Waals surface area contributed by atoms with Gasteiger partial charge in [-0.2, -0.15) is 50.5 Å². The Hall–Kier alpha value is -13.0. The van der Waals surface area contributed by atoms with Crippen molar-refractivity contribution < 1.29 is 127 Å². The molecule has 1 fully saturated rings. The zero-order chi connectivity index (χ0) is 103. The van der Waals surface area contributed by atoms with Crippen LogP contribution in [0.4, 0.5) is 0 Å². The Bertz CT molecular complexity index is 4780. The van der Waals surface area contributed by atoms with E-state index in [9.17, 15) is 127 Å². The standard InChI is InChI=1S/C83H126N24O26S4/c1-37(2)27-50(97-74(125)56(34-135)103-75(126)57(35-136)101-69(120)49(22-23-60(110)111)95-79(130)64(41(7)108)106-76(127)58(36-137)104-78(129)63(38(3)4)105-67(118)46(84)14-10-24-89-82(85)86)70(121)92-39(5)65(116)94-48(16-11-25-90-83(87)88)68(119)99-53(30-61(112)113)80(131)107-26-12-17-59(107)77(128)98-51(28-42-18-20-44(109)21-19-42)71(122)102-55(33-134)73(124)93-40(6)66(117)96-52(72(123)100-54(81(132)133)31-62(114)115)29-43-32-91-47-15-9-8-13-45(43)47/h8-9,13,15,18-21,32,37-41,46,48-59,63-64,91,108-109,134-137H,10-12,14,16-17,22-31,33-36,84H2,1-7H3,(H,92,121)(H,93,124)(H,94,116)(H,95,130)(H,96,117)(H,97,125)(H,98,128)(H,99,119)(H,100,123)(H,101,120)(H,102,122)(H,103,126)(H,104,129)(H,105,118)(H,106,127)(H,110,111)(H,112,113)(H,114,115)(H,132,133)(H4,85,86,89)(H4,87,88,90)/t39-,40-,41+,46-,48-,49-,50-,51-,52-,53-,54-,55-,56-,57-,58-,59-,63-,64-/m0/s1. The van der Waals surface area contributed by atoms with Gasteiger partial charge in [-0.05, 0) is 113 Å². The number of thiol groups is 4. The van der Waals surface area contributed by atoms with E-state index in [0.717, 1.165) is 11.8 Å². The van der Waals surface area contributed by atoms with Crippen molar-refractivity contribution in [3.05, 3.63) is 65.9 Å². The summed E-state index contributed by atoms with van der Waals surface area (Å²) in [4.78, 5) is 277. The Morgan fingerprint density at radius 3 is 1.35 bits per heavy atom. The summed E-state index contributed by atoms with van der Waals surface area (Å²) in [6, 6.07) is -15.2. The van der Waals surface area contributed by atoms with Gasteiger partial charge in [0.1, 0.15) is 102 Å². The molecule has 32 N–H and O–H groups in total. The van der Waals surface area contributed by atoms with E-state index >= 15 is 0 Å². The van der Waals surface area contributed by atoms with E-state index in [0.29, 0.717) is 28.5 Å². The second-order valence-corrected chi connectivity index (χ2v) is 34.6. The number of phenolic OH excluding ortho intramolecular Hbond substituents is 1. The number of phenols is 1. The number of H-pyrrole nitrogens is 1. The first kappa shape index (κ1) is 116. The second-order valence-electron chi connectivity index (χ2n) is 33.1. The van der Waals surface area contributed by atoms with Crippen LogP contribution in [0.25, 0.3) is 10.9 Å². The third-order valence-electron chi connectivity index (χ3n) is 21.2. The summed E-state index contributed by atoms with van der Waals surface area (Å²) in [7, 11) is 0. The van der Waals surface area contributed by atoms with Crippen LogP contribution < -0.4 is 108 Å². The molecule has 50 nitrogen and oxygen atoms in total. The van der Waals surface area contributed by atoms with Crippen molar-refractivity contribution in [1.29, 1.82) is 10.8 Å². The van der Waals surface area contributed by atoms with Crippen LogP contribution in [0.15, 0.2) is 54.7 Å². The number of aromatic hydroxyl groups is 1. The number of guanidine groups is 2. The SMILES string of the molecule is CC(C)C[C@H](NC(=O)[C@H](CS)NC(=O)[C@H](CS)NC(=O)[C@H](CCC(=O)O)NC(=O)[C@@H](NC(=O)[C@H](CS)NC(=O)[C@@H](NC(=O)[C@@H](N)CCCNC(=N)N)C(C)C)[C@@H](C)O)C(=O)N[C@@H](C)C(=O)N[C@@H](CCCNC(=N)N)C(=O)N[C@@H](CC(=O)O)C(=O)N1CCC[C@H]1C(=O)N[C@@H](Cc1ccc(O)cc1)C(=O)N[C@@H](CS)C(=O)N[C@@H](C)C(=O)N[C@@H](Cc1c[nH]c2ccccc12)C(=O)N[C@@H](CC(=O)O)C(=O)O. The molecule has 2 heterocycles. The molecule has 2 aromatic carbocycles. The number of nitrogens with two attached hydrogens (primary N) is 3. The lowest BCUT2D eigenvalue weighted by Crippen LogP contribution is -2.62. The number of nitrogens with zero attached hydrogens (tertiary/aromatic N) is 1. The first-order valence-corrected chi connectivity index (χ1v) is 46.1. The molecule has 0 spiro atoms. The molecule has 137 heavy (non-hydrogen) atoms. The van der Waals surface area contributed by atoms with Gasteiger partial charge in [0.15, 0.2) is 11.9 Å². The monoisotopic (exact) mass is 2000 g/mol. The number of aliphatic carboxylic acids is 4. The molecule has 0 bridgehead atoms. The van der Waals surface area contributed by atoms with Gasteiger partial charge in [0, 0.05) is 79.0 Å². The minimum atomic E-state index is -1.99. The summed E-state index contributed by atoms with van der Waals surface area (Å²) < 4.78 is 0. The number of likely N-dealkylation sites (tertiary alicyclic amines) is 1. The first-order chi connectivity index (χ1) is 64.4. The van der Waals surface area contributed by atoms with Gasteiger partial charge in [-0.25, -0.2) is 4.79 Å². The zero-order valence-electron chi connectivity index (χ0n) is 76.2. The number of hydrogen-bond acceptors (Lipinski definition) is 29. The maximum atomic E-state index is 14.8. The minimum absolute atomic E-state index is 0.0571. The Balaban J connectivity index is 1.49. The summed E-state index contributed by atoms with van der Waals surface area (Å²) in [6.07, 6.45) is -4.49. The van der Waals surface area contributed by atoms with Crippen LogP contribution in [0.1, 0.15) is 130 Å². The van der Waals surface area contributed by atoms with Crippen molar-refractivity contribution in [2.75, 3.05) is 42.6 Å².